The van der Waals surface area contributed by atoms with Gasteiger partial charge in [-0.25, -0.2) is 13.2 Å². The van der Waals surface area contributed by atoms with Crippen LogP contribution in [0.5, 0.6) is 5.75 Å². The highest BCUT2D eigenvalue weighted by atomic mass is 32.2. The zero-order valence-electron chi connectivity index (χ0n) is 14.9. The van der Waals surface area contributed by atoms with Gasteiger partial charge in [0.25, 0.3) is 5.78 Å². The van der Waals surface area contributed by atoms with Gasteiger partial charge in [0.1, 0.15) is 5.75 Å². The summed E-state index contributed by atoms with van der Waals surface area (Å²) >= 11 is 0. The molecular weight excluding hydrogens is 380 g/mol. The van der Waals surface area contributed by atoms with Gasteiger partial charge in [0.15, 0.2) is 9.84 Å². The van der Waals surface area contributed by atoms with Crippen LogP contribution in [0.4, 0.5) is 0 Å². The lowest BCUT2D eigenvalue weighted by Gasteiger charge is -2.08. The van der Waals surface area contributed by atoms with Gasteiger partial charge in [0.2, 0.25) is 0 Å². The number of rotatable bonds is 8. The zero-order valence-corrected chi connectivity index (χ0v) is 15.7. The summed E-state index contributed by atoms with van der Waals surface area (Å²) in [4.78, 5) is 22.1. The average molecular weight is 398 g/mol. The Morgan fingerprint density at radius 1 is 0.893 bits per heavy atom. The Kier molecular flexibility index (Phi) is 5.75. The van der Waals surface area contributed by atoms with E-state index in [1.807, 2.05) is 42.5 Å². The Morgan fingerprint density at radius 3 is 2.25 bits per heavy atom. The molecule has 0 amide bonds. The van der Waals surface area contributed by atoms with Gasteiger partial charge < -0.3 is 9.84 Å². The Hall–Kier alpha value is -3.19. The van der Waals surface area contributed by atoms with E-state index < -0.39 is 21.6 Å². The molecule has 0 spiro atoms. The van der Waals surface area contributed by atoms with Crippen LogP contribution in [0.1, 0.15) is 16.8 Å². The minimum Gasteiger partial charge on any atom is -0.494 e. The molecule has 0 aliphatic carbocycles. The third-order valence-electron chi connectivity index (χ3n) is 4.22. The van der Waals surface area contributed by atoms with E-state index in [1.54, 1.807) is 0 Å². The number of benzene rings is 3. The Labute approximate surface area is 162 Å². The van der Waals surface area contributed by atoms with Gasteiger partial charge in [-0.2, -0.15) is 0 Å². The van der Waals surface area contributed by atoms with E-state index >= 15 is 0 Å². The van der Waals surface area contributed by atoms with Gasteiger partial charge in [-0.15, -0.1) is 0 Å². The van der Waals surface area contributed by atoms with E-state index in [2.05, 4.69) is 0 Å². The Balaban J connectivity index is 1.57. The maximum Gasteiger partial charge on any atom is 0.377 e. The number of carboxylic acid groups (broad SMARTS) is 1. The summed E-state index contributed by atoms with van der Waals surface area (Å²) in [5, 5.41) is 10.8. The number of sulfone groups is 1. The molecule has 0 aliphatic heterocycles. The molecule has 7 heteroatoms. The van der Waals surface area contributed by atoms with E-state index in [0.29, 0.717) is 12.2 Å². The molecule has 0 bridgehead atoms. The molecule has 3 aromatic rings. The van der Waals surface area contributed by atoms with Crippen molar-refractivity contribution < 1.29 is 27.9 Å². The predicted octanol–water partition coefficient (Wildman–Crippen LogP) is 3.35. The molecule has 6 nitrogen and oxygen atoms in total. The first-order valence-corrected chi connectivity index (χ1v) is 10.2. The highest BCUT2D eigenvalue weighted by Gasteiger charge is 2.18. The van der Waals surface area contributed by atoms with Crippen LogP contribution in [0, 0.1) is 0 Å². The Bertz CT molecular complexity index is 1120. The number of Topliss-reactive ketones (excluding diaryl/α,β-unsaturated/α-hetero) is 1. The van der Waals surface area contributed by atoms with Crippen LogP contribution >= 0.6 is 0 Å². The van der Waals surface area contributed by atoms with Crippen molar-refractivity contribution in [3.63, 3.8) is 0 Å². The molecule has 0 heterocycles. The SMILES string of the molecule is O=C(O)C(=O)c1ccc(S(=O)(=O)CCCOc2ccc3ccccc3c2)cc1. The van der Waals surface area contributed by atoms with Crippen molar-refractivity contribution in [1.29, 1.82) is 0 Å². The lowest BCUT2D eigenvalue weighted by Crippen LogP contribution is -2.14. The molecule has 0 saturated carbocycles. The number of carboxylic acids is 1. The number of fused-ring (bicyclic) bond motifs is 1. The Morgan fingerprint density at radius 2 is 1.57 bits per heavy atom. The molecule has 0 aliphatic rings. The lowest BCUT2D eigenvalue weighted by molar-refractivity contribution is -0.131. The number of ether oxygens (including phenoxy) is 1. The van der Waals surface area contributed by atoms with Gasteiger partial charge in [-0.1, -0.05) is 30.3 Å². The minimum absolute atomic E-state index is 0.0418. The standard InChI is InChI=1S/C21H18O6S/c22-20(21(23)24)16-7-10-19(11-8-16)28(25,26)13-3-12-27-18-9-6-15-4-1-2-5-17(15)14-18/h1-2,4-11,14H,3,12-13H2,(H,23,24). The molecule has 144 valence electrons. The normalized spacial score (nSPS) is 11.3. The molecule has 0 radical (unpaired) electrons. The van der Waals surface area contributed by atoms with Crippen molar-refractivity contribution in [2.75, 3.05) is 12.4 Å². The van der Waals surface area contributed by atoms with E-state index in [1.165, 1.54) is 24.3 Å². The molecule has 0 atom stereocenters. The molecule has 3 rings (SSSR count). The largest absolute Gasteiger partial charge is 0.494 e. The quantitative estimate of drug-likeness (QED) is 0.355. The van der Waals surface area contributed by atoms with Crippen LogP contribution in [0.3, 0.4) is 0 Å². The van der Waals surface area contributed by atoms with Gasteiger partial charge in [-0.3, -0.25) is 4.79 Å². The monoisotopic (exact) mass is 398 g/mol. The minimum atomic E-state index is -3.55. The molecule has 0 saturated heterocycles. The van der Waals surface area contributed by atoms with Crippen LogP contribution in [-0.4, -0.2) is 37.6 Å². The summed E-state index contributed by atoms with van der Waals surface area (Å²) in [6.07, 6.45) is 0.297. The van der Waals surface area contributed by atoms with E-state index in [4.69, 9.17) is 9.84 Å². The molecule has 3 aromatic carbocycles. The van der Waals surface area contributed by atoms with Gasteiger partial charge in [-0.05, 0) is 53.6 Å². The van der Waals surface area contributed by atoms with Crippen LogP contribution in [-0.2, 0) is 14.6 Å². The molecule has 28 heavy (non-hydrogen) atoms. The first kappa shape index (κ1) is 19.6. The first-order valence-electron chi connectivity index (χ1n) is 8.59. The summed E-state index contributed by atoms with van der Waals surface area (Å²) in [5.74, 6) is -2.10. The topological polar surface area (TPSA) is 97.7 Å². The number of carbonyl (C=O) groups excluding carboxylic acids is 1. The first-order chi connectivity index (χ1) is 13.4. The van der Waals surface area contributed by atoms with E-state index in [9.17, 15) is 18.0 Å². The summed E-state index contributed by atoms with van der Waals surface area (Å²) in [6, 6.07) is 18.5. The maximum absolute atomic E-state index is 12.4. The van der Waals surface area contributed by atoms with Crippen LogP contribution in [0.2, 0.25) is 0 Å². The third-order valence-corrected chi connectivity index (χ3v) is 6.03. The highest BCUT2D eigenvalue weighted by molar-refractivity contribution is 7.91. The number of carbonyl (C=O) groups is 2. The lowest BCUT2D eigenvalue weighted by atomic mass is 10.1. The van der Waals surface area contributed by atoms with Gasteiger partial charge in [0, 0.05) is 5.56 Å². The van der Waals surface area contributed by atoms with Crippen LogP contribution in [0.15, 0.2) is 71.6 Å². The fourth-order valence-corrected chi connectivity index (χ4v) is 4.04. The molecule has 0 aromatic heterocycles. The summed E-state index contributed by atoms with van der Waals surface area (Å²) in [6.45, 7) is 0.243. The van der Waals surface area contributed by atoms with Crippen molar-refractivity contribution in [3.05, 3.63) is 72.3 Å². The van der Waals surface area contributed by atoms with E-state index in [-0.39, 0.29) is 22.8 Å². The zero-order chi connectivity index (χ0) is 20.1. The molecular formula is C21H18O6S. The number of hydrogen-bond acceptors (Lipinski definition) is 5. The van der Waals surface area contributed by atoms with Crippen molar-refractivity contribution in [2.45, 2.75) is 11.3 Å². The van der Waals surface area contributed by atoms with E-state index in [0.717, 1.165) is 10.8 Å². The van der Waals surface area contributed by atoms with Crippen LogP contribution in [0.25, 0.3) is 10.8 Å². The number of aliphatic carboxylic acids is 1. The second-order valence-corrected chi connectivity index (χ2v) is 8.30. The summed E-state index contributed by atoms with van der Waals surface area (Å²) in [5.41, 5.74) is -0.0638. The predicted molar refractivity (Wildman–Crippen MR) is 105 cm³/mol. The van der Waals surface area contributed by atoms with Gasteiger partial charge >= 0.3 is 5.97 Å². The van der Waals surface area contributed by atoms with Crippen molar-refractivity contribution in [3.8, 4) is 5.75 Å². The second-order valence-electron chi connectivity index (χ2n) is 6.19. The maximum atomic E-state index is 12.4. The van der Waals surface area contributed by atoms with Crippen molar-refractivity contribution in [2.24, 2.45) is 0 Å². The van der Waals surface area contributed by atoms with Crippen LogP contribution < -0.4 is 4.74 Å². The third kappa shape index (κ3) is 4.55. The number of ketones is 1. The number of hydrogen-bond donors (Lipinski definition) is 1. The smallest absolute Gasteiger partial charge is 0.377 e. The average Bonchev–Trinajstić information content (AvgIpc) is 2.70. The fraction of sp³-hybridized carbons (Fsp3) is 0.143. The highest BCUT2D eigenvalue weighted by Crippen LogP contribution is 2.21. The molecule has 0 fully saturated rings. The fourth-order valence-electron chi connectivity index (χ4n) is 2.75. The summed E-state index contributed by atoms with van der Waals surface area (Å²) in [7, 11) is -3.55. The van der Waals surface area contributed by atoms with Crippen molar-refractivity contribution in [1.82, 2.24) is 0 Å². The van der Waals surface area contributed by atoms with Crippen molar-refractivity contribution >= 4 is 32.4 Å². The van der Waals surface area contributed by atoms with Gasteiger partial charge in [0.05, 0.1) is 17.3 Å². The molecule has 1 N–H and O–H groups in total. The second kappa shape index (κ2) is 8.22. The molecule has 0 unspecified atom stereocenters. The summed E-state index contributed by atoms with van der Waals surface area (Å²) < 4.78 is 30.4.